The minimum Gasteiger partial charge on any atom is -0.481 e. The third-order valence-corrected chi connectivity index (χ3v) is 4.07. The lowest BCUT2D eigenvalue weighted by Crippen LogP contribution is -2.56. The standard InChI is InChI=1S/C15H28N2O3/c1-10-7-12(18)17(11(2)13(10)14(19)20)9-15(3,4)8-16(5)6/h10-11,13H,7-9H2,1-6H3,(H,19,20). The number of amides is 1. The van der Waals surface area contributed by atoms with Gasteiger partial charge in [-0.05, 0) is 32.4 Å². The third-order valence-electron chi connectivity index (χ3n) is 4.07. The van der Waals surface area contributed by atoms with Crippen LogP contribution in [0.15, 0.2) is 0 Å². The lowest BCUT2D eigenvalue weighted by Gasteiger charge is -2.44. The number of hydrogen-bond donors (Lipinski definition) is 1. The summed E-state index contributed by atoms with van der Waals surface area (Å²) in [5.41, 5.74) is -0.0585. The third kappa shape index (κ3) is 3.95. The molecule has 1 amide bonds. The van der Waals surface area contributed by atoms with E-state index < -0.39 is 11.9 Å². The zero-order chi connectivity index (χ0) is 15.7. The van der Waals surface area contributed by atoms with Crippen molar-refractivity contribution in [3.63, 3.8) is 0 Å². The smallest absolute Gasteiger partial charge is 0.308 e. The van der Waals surface area contributed by atoms with Crippen molar-refractivity contribution in [2.75, 3.05) is 27.2 Å². The second-order valence-corrected chi connectivity index (χ2v) is 7.21. The van der Waals surface area contributed by atoms with Crippen LogP contribution in [0.2, 0.25) is 0 Å². The van der Waals surface area contributed by atoms with E-state index in [-0.39, 0.29) is 23.3 Å². The van der Waals surface area contributed by atoms with Crippen molar-refractivity contribution in [2.45, 2.75) is 40.2 Å². The van der Waals surface area contributed by atoms with E-state index in [0.717, 1.165) is 6.54 Å². The number of rotatable bonds is 5. The number of piperidine rings is 1. The summed E-state index contributed by atoms with van der Waals surface area (Å²) in [5.74, 6) is -1.28. The van der Waals surface area contributed by atoms with E-state index in [1.54, 1.807) is 4.90 Å². The summed E-state index contributed by atoms with van der Waals surface area (Å²) in [6, 6.07) is -0.245. The fourth-order valence-electron chi connectivity index (χ4n) is 3.47. The number of carbonyl (C=O) groups excluding carboxylic acids is 1. The Morgan fingerprint density at radius 1 is 1.40 bits per heavy atom. The molecule has 1 fully saturated rings. The van der Waals surface area contributed by atoms with Crippen LogP contribution in [0.4, 0.5) is 0 Å². The first kappa shape index (κ1) is 17.0. The van der Waals surface area contributed by atoms with Gasteiger partial charge in [-0.2, -0.15) is 0 Å². The van der Waals surface area contributed by atoms with Crippen molar-refractivity contribution in [2.24, 2.45) is 17.3 Å². The molecule has 0 aromatic heterocycles. The number of carboxylic acid groups (broad SMARTS) is 1. The maximum atomic E-state index is 12.3. The Morgan fingerprint density at radius 3 is 2.40 bits per heavy atom. The van der Waals surface area contributed by atoms with Crippen molar-refractivity contribution >= 4 is 11.9 Å². The van der Waals surface area contributed by atoms with Gasteiger partial charge in [0.05, 0.1) is 5.92 Å². The Labute approximate surface area is 121 Å². The Hall–Kier alpha value is -1.10. The van der Waals surface area contributed by atoms with Gasteiger partial charge in [0.25, 0.3) is 0 Å². The van der Waals surface area contributed by atoms with Gasteiger partial charge < -0.3 is 14.9 Å². The molecule has 116 valence electrons. The molecule has 0 aromatic rings. The highest BCUT2D eigenvalue weighted by Crippen LogP contribution is 2.32. The van der Waals surface area contributed by atoms with Crippen molar-refractivity contribution in [3.05, 3.63) is 0 Å². The van der Waals surface area contributed by atoms with Gasteiger partial charge in [0, 0.05) is 25.6 Å². The molecular weight excluding hydrogens is 256 g/mol. The van der Waals surface area contributed by atoms with Crippen molar-refractivity contribution in [1.29, 1.82) is 0 Å². The first-order valence-corrected chi connectivity index (χ1v) is 7.22. The average molecular weight is 284 g/mol. The summed E-state index contributed by atoms with van der Waals surface area (Å²) in [7, 11) is 4.01. The minimum atomic E-state index is -0.798. The molecule has 0 bridgehead atoms. The summed E-state index contributed by atoms with van der Waals surface area (Å²) in [6.45, 7) is 9.40. The maximum Gasteiger partial charge on any atom is 0.308 e. The van der Waals surface area contributed by atoms with E-state index >= 15 is 0 Å². The molecule has 20 heavy (non-hydrogen) atoms. The monoisotopic (exact) mass is 284 g/mol. The number of hydrogen-bond acceptors (Lipinski definition) is 3. The second-order valence-electron chi connectivity index (χ2n) is 7.21. The minimum absolute atomic E-state index is 0.0585. The molecule has 0 aliphatic carbocycles. The number of nitrogens with zero attached hydrogens (tertiary/aromatic N) is 2. The Kier molecular flexibility index (Phi) is 5.19. The quantitative estimate of drug-likeness (QED) is 0.832. The van der Waals surface area contributed by atoms with Crippen molar-refractivity contribution in [1.82, 2.24) is 9.80 Å². The molecule has 5 nitrogen and oxygen atoms in total. The van der Waals surface area contributed by atoms with Gasteiger partial charge in [0.1, 0.15) is 0 Å². The molecule has 0 spiro atoms. The highest BCUT2D eigenvalue weighted by molar-refractivity contribution is 5.81. The first-order chi connectivity index (χ1) is 9.05. The number of carboxylic acids is 1. The van der Waals surface area contributed by atoms with Crippen LogP contribution in [0.3, 0.4) is 0 Å². The van der Waals surface area contributed by atoms with Crippen LogP contribution in [-0.4, -0.2) is 60.0 Å². The van der Waals surface area contributed by atoms with E-state index in [9.17, 15) is 14.7 Å². The van der Waals surface area contributed by atoms with Crippen molar-refractivity contribution < 1.29 is 14.7 Å². The molecule has 0 radical (unpaired) electrons. The number of aliphatic carboxylic acids is 1. The molecule has 1 aliphatic heterocycles. The highest BCUT2D eigenvalue weighted by atomic mass is 16.4. The normalized spacial score (nSPS) is 28.1. The Morgan fingerprint density at radius 2 is 1.95 bits per heavy atom. The van der Waals surface area contributed by atoms with Gasteiger partial charge >= 0.3 is 5.97 Å². The molecule has 3 atom stereocenters. The van der Waals surface area contributed by atoms with Crippen LogP contribution < -0.4 is 0 Å². The van der Waals surface area contributed by atoms with Gasteiger partial charge in [-0.1, -0.05) is 20.8 Å². The fourth-order valence-corrected chi connectivity index (χ4v) is 3.47. The van der Waals surface area contributed by atoms with Crippen LogP contribution >= 0.6 is 0 Å². The molecular formula is C15H28N2O3. The van der Waals surface area contributed by atoms with Gasteiger partial charge in [-0.3, -0.25) is 9.59 Å². The molecule has 1 saturated heterocycles. The zero-order valence-corrected chi connectivity index (χ0v) is 13.5. The number of carbonyl (C=O) groups is 2. The summed E-state index contributed by atoms with van der Waals surface area (Å²) >= 11 is 0. The summed E-state index contributed by atoms with van der Waals surface area (Å²) in [5, 5.41) is 9.38. The van der Waals surface area contributed by atoms with Crippen LogP contribution in [0.25, 0.3) is 0 Å². The predicted molar refractivity (Wildman–Crippen MR) is 78.4 cm³/mol. The molecule has 1 rings (SSSR count). The summed E-state index contributed by atoms with van der Waals surface area (Å²) in [6.07, 6.45) is 0.333. The maximum absolute atomic E-state index is 12.3. The van der Waals surface area contributed by atoms with Gasteiger partial charge in [-0.25, -0.2) is 0 Å². The molecule has 5 heteroatoms. The Balaban J connectivity index is 2.87. The molecule has 0 aromatic carbocycles. The highest BCUT2D eigenvalue weighted by Gasteiger charge is 2.43. The fraction of sp³-hybridized carbons (Fsp3) is 0.867. The predicted octanol–water partition coefficient (Wildman–Crippen LogP) is 1.53. The summed E-state index contributed by atoms with van der Waals surface area (Å²) < 4.78 is 0. The largest absolute Gasteiger partial charge is 0.481 e. The molecule has 3 unspecified atom stereocenters. The second kappa shape index (κ2) is 6.12. The van der Waals surface area contributed by atoms with Gasteiger partial charge in [-0.15, -0.1) is 0 Å². The van der Waals surface area contributed by atoms with E-state index in [1.165, 1.54) is 0 Å². The Bertz CT molecular complexity index is 379. The van der Waals surface area contributed by atoms with E-state index in [2.05, 4.69) is 18.7 Å². The van der Waals surface area contributed by atoms with Gasteiger partial charge in [0.15, 0.2) is 0 Å². The van der Waals surface area contributed by atoms with Crippen LogP contribution in [-0.2, 0) is 9.59 Å². The lowest BCUT2D eigenvalue weighted by atomic mass is 9.79. The van der Waals surface area contributed by atoms with E-state index in [4.69, 9.17) is 0 Å². The average Bonchev–Trinajstić information content (AvgIpc) is 2.21. The van der Waals surface area contributed by atoms with Crippen LogP contribution in [0, 0.1) is 17.3 Å². The van der Waals surface area contributed by atoms with Gasteiger partial charge in [0.2, 0.25) is 5.91 Å². The number of likely N-dealkylation sites (tertiary alicyclic amines) is 1. The molecule has 1 N–H and O–H groups in total. The lowest BCUT2D eigenvalue weighted by molar-refractivity contribution is -0.156. The topological polar surface area (TPSA) is 60.9 Å². The molecule has 1 heterocycles. The molecule has 1 aliphatic rings. The first-order valence-electron chi connectivity index (χ1n) is 7.22. The van der Waals surface area contributed by atoms with Crippen molar-refractivity contribution in [3.8, 4) is 0 Å². The van der Waals surface area contributed by atoms with E-state index in [1.807, 2.05) is 27.9 Å². The summed E-state index contributed by atoms with van der Waals surface area (Å²) in [4.78, 5) is 27.6. The van der Waals surface area contributed by atoms with Crippen LogP contribution in [0.1, 0.15) is 34.1 Å². The van der Waals surface area contributed by atoms with Crippen LogP contribution in [0.5, 0.6) is 0 Å². The molecule has 0 saturated carbocycles. The zero-order valence-electron chi connectivity index (χ0n) is 13.5. The SMILES string of the molecule is CC1CC(=O)N(CC(C)(C)CN(C)C)C(C)C1C(=O)O. The van der Waals surface area contributed by atoms with E-state index in [0.29, 0.717) is 13.0 Å².